The molecule has 12 heteroatoms. The molecule has 10 nitrogen and oxygen atoms in total. The number of nitrogens with one attached hydrogen (secondary N) is 2. The number of rotatable bonds is 10. The van der Waals surface area contributed by atoms with Crippen molar-refractivity contribution in [3.05, 3.63) is 83.9 Å². The number of ether oxygens (including phenoxy) is 2. The van der Waals surface area contributed by atoms with Crippen molar-refractivity contribution in [1.82, 2.24) is 4.31 Å². The van der Waals surface area contributed by atoms with E-state index in [2.05, 4.69) is 10.0 Å². The third-order valence-electron chi connectivity index (χ3n) is 5.77. The first-order valence-electron chi connectivity index (χ1n) is 12.0. The molecule has 0 bridgehead atoms. The molecular formula is C26H29N3O7S2. The highest BCUT2D eigenvalue weighted by molar-refractivity contribution is 7.92. The van der Waals surface area contributed by atoms with Crippen molar-refractivity contribution in [2.24, 2.45) is 0 Å². The SMILES string of the molecule is CCOc1ccc(NS(=O)(=O)c2ccc(NC(=O)c3ccc(CS(=O)(=O)N4CCOCC4)cc3)cc2)cc1. The van der Waals surface area contributed by atoms with Gasteiger partial charge in [-0.3, -0.25) is 9.52 Å². The summed E-state index contributed by atoms with van der Waals surface area (Å²) in [5.74, 6) is 0.0779. The van der Waals surface area contributed by atoms with E-state index in [0.717, 1.165) is 0 Å². The number of carbonyl (C=O) groups excluding carboxylic acids is 1. The summed E-state index contributed by atoms with van der Waals surface area (Å²) in [6.45, 7) is 3.80. The highest BCUT2D eigenvalue weighted by Gasteiger charge is 2.24. The molecule has 3 aromatic carbocycles. The van der Waals surface area contributed by atoms with Crippen LogP contribution < -0.4 is 14.8 Å². The van der Waals surface area contributed by atoms with Crippen LogP contribution in [0, 0.1) is 0 Å². The van der Waals surface area contributed by atoms with Gasteiger partial charge in [-0.05, 0) is 73.2 Å². The van der Waals surface area contributed by atoms with E-state index in [9.17, 15) is 21.6 Å². The lowest BCUT2D eigenvalue weighted by Gasteiger charge is -2.26. The Morgan fingerprint density at radius 2 is 1.47 bits per heavy atom. The van der Waals surface area contributed by atoms with Gasteiger partial charge < -0.3 is 14.8 Å². The average Bonchev–Trinajstić information content (AvgIpc) is 2.91. The van der Waals surface area contributed by atoms with Crippen molar-refractivity contribution in [1.29, 1.82) is 0 Å². The number of sulfonamides is 2. The number of hydrogen-bond donors (Lipinski definition) is 2. The summed E-state index contributed by atoms with van der Waals surface area (Å²) >= 11 is 0. The lowest BCUT2D eigenvalue weighted by Crippen LogP contribution is -2.41. The molecular weight excluding hydrogens is 530 g/mol. The maximum Gasteiger partial charge on any atom is 0.261 e. The van der Waals surface area contributed by atoms with Gasteiger partial charge in [0.15, 0.2) is 0 Å². The Balaban J connectivity index is 1.35. The van der Waals surface area contributed by atoms with Crippen molar-refractivity contribution in [2.75, 3.05) is 42.9 Å². The molecule has 38 heavy (non-hydrogen) atoms. The Hall–Kier alpha value is -3.45. The van der Waals surface area contributed by atoms with Gasteiger partial charge in [-0.15, -0.1) is 0 Å². The number of morpholine rings is 1. The van der Waals surface area contributed by atoms with Crippen LogP contribution in [-0.2, 0) is 30.5 Å². The topological polar surface area (TPSA) is 131 Å². The third-order valence-corrected chi connectivity index (χ3v) is 9.02. The molecule has 1 aliphatic rings. The zero-order chi connectivity index (χ0) is 27.2. The number of hydrogen-bond acceptors (Lipinski definition) is 7. The average molecular weight is 560 g/mol. The maximum absolute atomic E-state index is 12.7. The minimum absolute atomic E-state index is 0.0372. The zero-order valence-electron chi connectivity index (χ0n) is 20.8. The molecule has 0 aromatic heterocycles. The van der Waals surface area contributed by atoms with Crippen LogP contribution in [-0.4, -0.2) is 60.0 Å². The molecule has 1 aliphatic heterocycles. The predicted molar refractivity (Wildman–Crippen MR) is 144 cm³/mol. The molecule has 0 atom stereocenters. The second kappa shape index (κ2) is 11.9. The molecule has 0 unspecified atom stereocenters. The van der Waals surface area contributed by atoms with E-state index >= 15 is 0 Å². The van der Waals surface area contributed by atoms with Gasteiger partial charge in [0.05, 0.1) is 30.5 Å². The van der Waals surface area contributed by atoms with Gasteiger partial charge >= 0.3 is 0 Å². The highest BCUT2D eigenvalue weighted by atomic mass is 32.2. The van der Waals surface area contributed by atoms with E-state index in [1.807, 2.05) is 6.92 Å². The minimum Gasteiger partial charge on any atom is -0.494 e. The zero-order valence-corrected chi connectivity index (χ0v) is 22.4. The fourth-order valence-corrected chi connectivity index (χ4v) is 6.36. The molecule has 1 amide bonds. The van der Waals surface area contributed by atoms with Crippen LogP contribution in [0.1, 0.15) is 22.8 Å². The molecule has 1 saturated heterocycles. The van der Waals surface area contributed by atoms with Crippen molar-refractivity contribution in [3.63, 3.8) is 0 Å². The maximum atomic E-state index is 12.7. The Bertz CT molecular complexity index is 1450. The normalized spacial score (nSPS) is 14.6. The quantitative estimate of drug-likeness (QED) is 0.390. The summed E-state index contributed by atoms with van der Waals surface area (Å²) in [6.07, 6.45) is 0. The van der Waals surface area contributed by atoms with Gasteiger partial charge in [0.2, 0.25) is 10.0 Å². The van der Waals surface area contributed by atoms with Gasteiger partial charge in [-0.2, -0.15) is 4.31 Å². The third kappa shape index (κ3) is 7.10. The smallest absolute Gasteiger partial charge is 0.261 e. The molecule has 2 N–H and O–H groups in total. The molecule has 4 rings (SSSR count). The second-order valence-electron chi connectivity index (χ2n) is 8.51. The van der Waals surface area contributed by atoms with Crippen LogP contribution in [0.3, 0.4) is 0 Å². The van der Waals surface area contributed by atoms with Crippen LogP contribution >= 0.6 is 0 Å². The van der Waals surface area contributed by atoms with E-state index in [-0.39, 0.29) is 10.6 Å². The first-order valence-corrected chi connectivity index (χ1v) is 15.1. The van der Waals surface area contributed by atoms with Crippen LogP contribution in [0.4, 0.5) is 11.4 Å². The van der Waals surface area contributed by atoms with Gasteiger partial charge in [0.1, 0.15) is 5.75 Å². The van der Waals surface area contributed by atoms with Crippen LogP contribution in [0.2, 0.25) is 0 Å². The van der Waals surface area contributed by atoms with Crippen molar-refractivity contribution in [3.8, 4) is 5.75 Å². The number of nitrogens with zero attached hydrogens (tertiary/aromatic N) is 1. The summed E-state index contributed by atoms with van der Waals surface area (Å²) in [5.41, 5.74) is 1.72. The first kappa shape index (κ1) is 27.6. The van der Waals surface area contributed by atoms with Crippen molar-refractivity contribution in [2.45, 2.75) is 17.6 Å². The van der Waals surface area contributed by atoms with Gasteiger partial charge in [-0.1, -0.05) is 12.1 Å². The monoisotopic (exact) mass is 559 g/mol. The Morgan fingerprint density at radius 1 is 0.868 bits per heavy atom. The molecule has 0 aliphatic carbocycles. The predicted octanol–water partition coefficient (Wildman–Crippen LogP) is 3.30. The van der Waals surface area contributed by atoms with Crippen molar-refractivity contribution >= 4 is 37.3 Å². The first-order chi connectivity index (χ1) is 18.2. The van der Waals surface area contributed by atoms with Crippen LogP contribution in [0.5, 0.6) is 5.75 Å². The van der Waals surface area contributed by atoms with Gasteiger partial charge in [0.25, 0.3) is 15.9 Å². The molecule has 0 saturated carbocycles. The Kier molecular flexibility index (Phi) is 8.67. The summed E-state index contributed by atoms with van der Waals surface area (Å²) in [7, 11) is -7.29. The van der Waals surface area contributed by atoms with E-state index in [1.165, 1.54) is 28.6 Å². The molecule has 202 valence electrons. The largest absolute Gasteiger partial charge is 0.494 e. The fourth-order valence-electron chi connectivity index (χ4n) is 3.80. The number of amides is 1. The number of anilines is 2. The molecule has 3 aromatic rings. The number of carbonyl (C=O) groups is 1. The molecule has 0 spiro atoms. The summed E-state index contributed by atoms with van der Waals surface area (Å²) in [6, 6.07) is 18.7. The minimum atomic E-state index is -3.83. The van der Waals surface area contributed by atoms with E-state index in [4.69, 9.17) is 9.47 Å². The summed E-state index contributed by atoms with van der Waals surface area (Å²) < 4.78 is 65.1. The van der Waals surface area contributed by atoms with Crippen molar-refractivity contribution < 1.29 is 31.1 Å². The molecule has 1 heterocycles. The van der Waals surface area contributed by atoms with Crippen LogP contribution in [0.15, 0.2) is 77.7 Å². The number of benzene rings is 3. The lowest BCUT2D eigenvalue weighted by atomic mass is 10.1. The van der Waals surface area contributed by atoms with E-state index < -0.39 is 26.0 Å². The second-order valence-corrected chi connectivity index (χ2v) is 12.2. The summed E-state index contributed by atoms with van der Waals surface area (Å²) in [4.78, 5) is 12.7. The molecule has 1 fully saturated rings. The summed E-state index contributed by atoms with van der Waals surface area (Å²) in [5, 5.41) is 2.72. The molecule has 0 radical (unpaired) electrons. The van der Waals surface area contributed by atoms with E-state index in [0.29, 0.717) is 61.2 Å². The standard InChI is InChI=1S/C26H29N3O7S2/c1-2-36-24-11-7-23(8-12-24)28-38(33,34)25-13-9-22(10-14-25)27-26(30)21-5-3-20(4-6-21)19-37(31,32)29-15-17-35-18-16-29/h3-14,28H,2,15-19H2,1H3,(H,27,30). The fraction of sp³-hybridized carbons (Fsp3) is 0.269. The Labute approximate surface area is 222 Å². The van der Waals surface area contributed by atoms with Gasteiger partial charge in [0, 0.05) is 30.0 Å². The van der Waals surface area contributed by atoms with Crippen LogP contribution in [0.25, 0.3) is 0 Å². The van der Waals surface area contributed by atoms with Gasteiger partial charge in [-0.25, -0.2) is 16.8 Å². The highest BCUT2D eigenvalue weighted by Crippen LogP contribution is 2.21. The van der Waals surface area contributed by atoms with E-state index in [1.54, 1.807) is 48.5 Å². The Morgan fingerprint density at radius 3 is 2.08 bits per heavy atom. The lowest BCUT2D eigenvalue weighted by molar-refractivity contribution is 0.0729.